The molecule has 0 spiro atoms. The van der Waals surface area contributed by atoms with Crippen molar-refractivity contribution in [2.24, 2.45) is 4.99 Å². The van der Waals surface area contributed by atoms with Crippen molar-refractivity contribution < 1.29 is 4.74 Å². The number of halogens is 1. The van der Waals surface area contributed by atoms with E-state index in [4.69, 9.17) is 4.74 Å². The van der Waals surface area contributed by atoms with Crippen LogP contribution in [0.2, 0.25) is 0 Å². The molecule has 0 fully saturated rings. The van der Waals surface area contributed by atoms with Gasteiger partial charge in [0.15, 0.2) is 5.96 Å². The molecule has 0 atom stereocenters. The minimum absolute atomic E-state index is 0. The van der Waals surface area contributed by atoms with Crippen LogP contribution in [0.3, 0.4) is 0 Å². The Kier molecular flexibility index (Phi) is 9.10. The third-order valence-corrected chi connectivity index (χ3v) is 4.14. The molecule has 0 unspecified atom stereocenters. The molecule has 0 bridgehead atoms. The largest absolute Gasteiger partial charge is 0.473 e. The summed E-state index contributed by atoms with van der Waals surface area (Å²) in [6.45, 7) is 4.01. The smallest absolute Gasteiger partial charge is 0.213 e. The number of ether oxygens (including phenoxy) is 1. The molecule has 3 rings (SSSR count). The van der Waals surface area contributed by atoms with Crippen LogP contribution in [0.1, 0.15) is 30.9 Å². The van der Waals surface area contributed by atoms with E-state index >= 15 is 0 Å². The van der Waals surface area contributed by atoms with Gasteiger partial charge in [0.2, 0.25) is 5.88 Å². The number of rotatable bonds is 7. The Morgan fingerprint density at radius 3 is 2.67 bits per heavy atom. The lowest BCUT2D eigenvalue weighted by atomic mass is 10.2. The molecule has 1 aliphatic rings. The second-order valence-electron chi connectivity index (χ2n) is 6.26. The first-order valence-corrected chi connectivity index (χ1v) is 9.15. The lowest BCUT2D eigenvalue weighted by Crippen LogP contribution is -2.42. The summed E-state index contributed by atoms with van der Waals surface area (Å²) in [5.41, 5.74) is 2.20. The van der Waals surface area contributed by atoms with Gasteiger partial charge in [-0.1, -0.05) is 42.5 Å². The van der Waals surface area contributed by atoms with Crippen LogP contribution in [-0.4, -0.2) is 23.5 Å². The molecule has 1 aromatic carbocycles. The van der Waals surface area contributed by atoms with E-state index in [1.54, 1.807) is 6.20 Å². The summed E-state index contributed by atoms with van der Waals surface area (Å²) in [7, 11) is 0. The van der Waals surface area contributed by atoms with Gasteiger partial charge >= 0.3 is 0 Å². The highest BCUT2D eigenvalue weighted by Crippen LogP contribution is 2.13. The fourth-order valence-corrected chi connectivity index (χ4v) is 2.78. The molecule has 144 valence electrons. The highest BCUT2D eigenvalue weighted by Gasteiger charge is 2.11. The van der Waals surface area contributed by atoms with Gasteiger partial charge in [0, 0.05) is 24.8 Å². The Hall–Kier alpha value is -2.09. The quantitative estimate of drug-likeness (QED) is 0.273. The minimum Gasteiger partial charge on any atom is -0.473 e. The van der Waals surface area contributed by atoms with Gasteiger partial charge in [0.05, 0.1) is 6.54 Å². The van der Waals surface area contributed by atoms with Crippen molar-refractivity contribution in [3.8, 4) is 5.88 Å². The van der Waals surface area contributed by atoms with Crippen molar-refractivity contribution in [2.45, 2.75) is 39.0 Å². The lowest BCUT2D eigenvalue weighted by molar-refractivity contribution is 0.293. The van der Waals surface area contributed by atoms with Crippen LogP contribution in [0, 0.1) is 0 Å². The Balaban J connectivity index is 0.00000261. The van der Waals surface area contributed by atoms with Gasteiger partial charge in [0.25, 0.3) is 0 Å². The first-order chi connectivity index (χ1) is 12.8. The molecule has 2 N–H and O–H groups in total. The van der Waals surface area contributed by atoms with E-state index in [9.17, 15) is 0 Å². The van der Waals surface area contributed by atoms with Crippen molar-refractivity contribution in [3.05, 3.63) is 71.9 Å². The van der Waals surface area contributed by atoms with E-state index in [0.29, 0.717) is 25.1 Å². The molecule has 5 nitrogen and oxygen atoms in total. The summed E-state index contributed by atoms with van der Waals surface area (Å²) >= 11 is 0. The summed E-state index contributed by atoms with van der Waals surface area (Å²) in [4.78, 5) is 8.98. The number of hydrogen-bond donors (Lipinski definition) is 2. The van der Waals surface area contributed by atoms with Crippen molar-refractivity contribution in [1.82, 2.24) is 15.6 Å². The van der Waals surface area contributed by atoms with Crippen molar-refractivity contribution in [1.29, 1.82) is 0 Å². The molecule has 1 heterocycles. The van der Waals surface area contributed by atoms with Crippen LogP contribution in [0.5, 0.6) is 5.88 Å². The van der Waals surface area contributed by atoms with Gasteiger partial charge in [-0.3, -0.25) is 0 Å². The zero-order valence-electron chi connectivity index (χ0n) is 15.6. The molecule has 0 aliphatic heterocycles. The summed E-state index contributed by atoms with van der Waals surface area (Å²) in [6.07, 6.45) is 8.29. The van der Waals surface area contributed by atoms with Crippen LogP contribution in [0.4, 0.5) is 0 Å². The molecule has 0 radical (unpaired) electrons. The molecular weight excluding hydrogens is 451 g/mol. The molecule has 6 heteroatoms. The average Bonchev–Trinajstić information content (AvgIpc) is 3.19. The SMILES string of the molecule is CCNC(=NCc1ccnc(OCc2ccccc2)c1)NC1CC=CC1.I. The fraction of sp³-hybridized carbons (Fsp3) is 0.333. The summed E-state index contributed by atoms with van der Waals surface area (Å²) < 4.78 is 5.80. The Morgan fingerprint density at radius 1 is 1.15 bits per heavy atom. The standard InChI is InChI=1S/C21H26N4O.HI/c1-2-22-21(25-19-10-6-7-11-19)24-15-18-12-13-23-20(14-18)26-16-17-8-4-3-5-9-17;/h3-9,12-14,19H,2,10-11,15-16H2,1H3,(H2,22,24,25);1H. The van der Waals surface area contributed by atoms with E-state index in [-0.39, 0.29) is 24.0 Å². The predicted octanol–water partition coefficient (Wildman–Crippen LogP) is 4.05. The third kappa shape index (κ3) is 7.21. The van der Waals surface area contributed by atoms with Crippen LogP contribution in [0.25, 0.3) is 0 Å². The molecule has 1 aromatic heterocycles. The van der Waals surface area contributed by atoms with E-state index in [1.165, 1.54) is 0 Å². The molecular formula is C21H27IN4O. The second kappa shape index (κ2) is 11.6. The normalized spacial score (nSPS) is 13.9. The Labute approximate surface area is 178 Å². The summed E-state index contributed by atoms with van der Waals surface area (Å²) in [5.74, 6) is 1.48. The van der Waals surface area contributed by atoms with Crippen LogP contribution < -0.4 is 15.4 Å². The first-order valence-electron chi connectivity index (χ1n) is 9.15. The summed E-state index contributed by atoms with van der Waals surface area (Å²) in [5, 5.41) is 6.78. The third-order valence-electron chi connectivity index (χ3n) is 4.14. The van der Waals surface area contributed by atoms with Crippen molar-refractivity contribution in [2.75, 3.05) is 6.54 Å². The average molecular weight is 478 g/mol. The zero-order valence-corrected chi connectivity index (χ0v) is 17.9. The molecule has 0 saturated carbocycles. The molecule has 0 saturated heterocycles. The number of hydrogen-bond acceptors (Lipinski definition) is 3. The molecule has 2 aromatic rings. The molecule has 0 amide bonds. The van der Waals surface area contributed by atoms with Crippen LogP contribution in [0.15, 0.2) is 65.8 Å². The van der Waals surface area contributed by atoms with Gasteiger partial charge in [-0.25, -0.2) is 9.98 Å². The van der Waals surface area contributed by atoms with Gasteiger partial charge in [-0.15, -0.1) is 24.0 Å². The predicted molar refractivity (Wildman–Crippen MR) is 121 cm³/mol. The lowest BCUT2D eigenvalue weighted by Gasteiger charge is -2.16. The van der Waals surface area contributed by atoms with E-state index < -0.39 is 0 Å². The van der Waals surface area contributed by atoms with Crippen LogP contribution >= 0.6 is 24.0 Å². The fourth-order valence-electron chi connectivity index (χ4n) is 2.78. The van der Waals surface area contributed by atoms with E-state index in [2.05, 4.69) is 39.7 Å². The Morgan fingerprint density at radius 2 is 1.93 bits per heavy atom. The minimum atomic E-state index is 0. The Bertz CT molecular complexity index is 741. The van der Waals surface area contributed by atoms with Crippen molar-refractivity contribution >= 4 is 29.9 Å². The maximum Gasteiger partial charge on any atom is 0.213 e. The van der Waals surface area contributed by atoms with Gasteiger partial charge in [-0.2, -0.15) is 0 Å². The maximum atomic E-state index is 5.80. The zero-order chi connectivity index (χ0) is 18.0. The van der Waals surface area contributed by atoms with Crippen molar-refractivity contribution in [3.63, 3.8) is 0 Å². The van der Waals surface area contributed by atoms with Gasteiger partial charge < -0.3 is 15.4 Å². The molecule has 1 aliphatic carbocycles. The second-order valence-corrected chi connectivity index (χ2v) is 6.26. The maximum absolute atomic E-state index is 5.80. The summed E-state index contributed by atoms with van der Waals surface area (Å²) in [6, 6.07) is 14.5. The highest BCUT2D eigenvalue weighted by atomic mass is 127. The monoisotopic (exact) mass is 478 g/mol. The van der Waals surface area contributed by atoms with Gasteiger partial charge in [0.1, 0.15) is 6.61 Å². The van der Waals surface area contributed by atoms with E-state index in [0.717, 1.165) is 36.5 Å². The number of guanidine groups is 1. The first kappa shape index (κ1) is 21.2. The van der Waals surface area contributed by atoms with E-state index in [1.807, 2.05) is 42.5 Å². The number of benzene rings is 1. The number of nitrogens with one attached hydrogen (secondary N) is 2. The topological polar surface area (TPSA) is 58.5 Å². The number of aliphatic imine (C=N–C) groups is 1. The molecule has 27 heavy (non-hydrogen) atoms. The number of nitrogens with zero attached hydrogens (tertiary/aromatic N) is 2. The van der Waals surface area contributed by atoms with Crippen LogP contribution in [-0.2, 0) is 13.2 Å². The highest BCUT2D eigenvalue weighted by molar-refractivity contribution is 14.0. The number of aromatic nitrogens is 1. The number of pyridine rings is 1. The van der Waals surface area contributed by atoms with Gasteiger partial charge in [-0.05, 0) is 37.0 Å².